The number of rotatable bonds is 5. The summed E-state index contributed by atoms with van der Waals surface area (Å²) in [4.78, 5) is 13.2. The van der Waals surface area contributed by atoms with E-state index in [1.54, 1.807) is 0 Å². The molecule has 0 unspecified atom stereocenters. The Labute approximate surface area is 102 Å². The fraction of sp³-hybridized carbons (Fsp3) is 0.357. The number of terminal acetylenes is 1. The van der Waals surface area contributed by atoms with E-state index in [2.05, 4.69) is 5.92 Å². The number of ether oxygens (including phenoxy) is 1. The molecule has 0 aliphatic heterocycles. The molecule has 0 bridgehead atoms. The first kappa shape index (κ1) is 13.1. The average Bonchev–Trinajstić information content (AvgIpc) is 2.34. The zero-order valence-electron chi connectivity index (χ0n) is 10.3. The summed E-state index contributed by atoms with van der Waals surface area (Å²) in [6.07, 6.45) is 5.78. The highest BCUT2D eigenvalue weighted by atomic mass is 16.5. The standard InChI is InChI=1S/C14H17NO2/c1-4-5-6-14(16)17-11-12-7-9-13(10-8-12)15(2)3/h1,7-10H,5-6,11H2,2-3H3. The van der Waals surface area contributed by atoms with Gasteiger partial charge in [0.1, 0.15) is 6.61 Å². The second-order valence-electron chi connectivity index (χ2n) is 3.93. The average molecular weight is 231 g/mol. The van der Waals surface area contributed by atoms with Gasteiger partial charge in [-0.15, -0.1) is 12.3 Å². The van der Waals surface area contributed by atoms with Crippen LogP contribution in [0.3, 0.4) is 0 Å². The Kier molecular flexibility index (Phi) is 5.09. The fourth-order valence-electron chi connectivity index (χ4n) is 1.30. The van der Waals surface area contributed by atoms with E-state index < -0.39 is 0 Å². The first-order valence-corrected chi connectivity index (χ1v) is 5.49. The number of hydrogen-bond donors (Lipinski definition) is 0. The summed E-state index contributed by atoms with van der Waals surface area (Å²) in [5, 5.41) is 0. The van der Waals surface area contributed by atoms with Gasteiger partial charge in [-0.25, -0.2) is 0 Å². The van der Waals surface area contributed by atoms with Crippen molar-refractivity contribution in [3.05, 3.63) is 29.8 Å². The minimum Gasteiger partial charge on any atom is -0.461 e. The third-order valence-corrected chi connectivity index (χ3v) is 2.33. The number of esters is 1. The van der Waals surface area contributed by atoms with Crippen molar-refractivity contribution in [2.75, 3.05) is 19.0 Å². The second kappa shape index (κ2) is 6.59. The van der Waals surface area contributed by atoms with Gasteiger partial charge in [-0.2, -0.15) is 0 Å². The fourth-order valence-corrected chi connectivity index (χ4v) is 1.30. The largest absolute Gasteiger partial charge is 0.461 e. The Balaban J connectivity index is 2.42. The molecule has 0 saturated heterocycles. The van der Waals surface area contributed by atoms with Crippen LogP contribution < -0.4 is 4.90 Å². The van der Waals surface area contributed by atoms with Gasteiger partial charge in [0.05, 0.1) is 6.42 Å². The van der Waals surface area contributed by atoms with Crippen LogP contribution in [0.5, 0.6) is 0 Å². The maximum atomic E-state index is 11.2. The molecule has 0 radical (unpaired) electrons. The normalized spacial score (nSPS) is 9.47. The predicted octanol–water partition coefficient (Wildman–Crippen LogP) is 2.21. The quantitative estimate of drug-likeness (QED) is 0.575. The molecule has 0 fully saturated rings. The van der Waals surface area contributed by atoms with Crippen LogP contribution >= 0.6 is 0 Å². The lowest BCUT2D eigenvalue weighted by atomic mass is 10.2. The van der Waals surface area contributed by atoms with Crippen molar-refractivity contribution in [3.8, 4) is 12.3 Å². The Morgan fingerprint density at radius 3 is 2.53 bits per heavy atom. The third kappa shape index (κ3) is 4.60. The van der Waals surface area contributed by atoms with Gasteiger partial charge in [-0.1, -0.05) is 12.1 Å². The number of anilines is 1. The van der Waals surface area contributed by atoms with Crippen LogP contribution in [0.25, 0.3) is 0 Å². The number of carbonyl (C=O) groups is 1. The molecular formula is C14H17NO2. The highest BCUT2D eigenvalue weighted by Gasteiger charge is 2.02. The van der Waals surface area contributed by atoms with E-state index >= 15 is 0 Å². The van der Waals surface area contributed by atoms with E-state index in [1.165, 1.54) is 0 Å². The lowest BCUT2D eigenvalue weighted by molar-refractivity contribution is -0.144. The number of carbonyl (C=O) groups excluding carboxylic acids is 1. The minimum atomic E-state index is -0.250. The molecule has 0 atom stereocenters. The summed E-state index contributed by atoms with van der Waals surface area (Å²) >= 11 is 0. The summed E-state index contributed by atoms with van der Waals surface area (Å²) < 4.78 is 5.08. The summed E-state index contributed by atoms with van der Waals surface area (Å²) in [5.41, 5.74) is 2.09. The summed E-state index contributed by atoms with van der Waals surface area (Å²) in [7, 11) is 3.96. The predicted molar refractivity (Wildman–Crippen MR) is 68.6 cm³/mol. The van der Waals surface area contributed by atoms with Gasteiger partial charge in [-0.3, -0.25) is 4.79 Å². The monoisotopic (exact) mass is 231 g/mol. The second-order valence-corrected chi connectivity index (χ2v) is 3.93. The van der Waals surface area contributed by atoms with E-state index in [0.717, 1.165) is 11.3 Å². The molecule has 0 aliphatic carbocycles. The van der Waals surface area contributed by atoms with Crippen LogP contribution in [0.4, 0.5) is 5.69 Å². The van der Waals surface area contributed by atoms with E-state index in [1.807, 2.05) is 43.3 Å². The van der Waals surface area contributed by atoms with E-state index in [9.17, 15) is 4.79 Å². The van der Waals surface area contributed by atoms with Crippen molar-refractivity contribution < 1.29 is 9.53 Å². The molecule has 0 amide bonds. The molecule has 0 heterocycles. The highest BCUT2D eigenvalue weighted by molar-refractivity contribution is 5.69. The number of benzene rings is 1. The van der Waals surface area contributed by atoms with E-state index in [4.69, 9.17) is 11.2 Å². The molecule has 1 rings (SSSR count). The zero-order valence-corrected chi connectivity index (χ0v) is 10.3. The van der Waals surface area contributed by atoms with Gasteiger partial charge in [0, 0.05) is 26.2 Å². The smallest absolute Gasteiger partial charge is 0.307 e. The Bertz CT molecular complexity index is 401. The molecule has 0 spiro atoms. The van der Waals surface area contributed by atoms with Crippen molar-refractivity contribution in [3.63, 3.8) is 0 Å². The molecule has 1 aromatic carbocycles. The zero-order chi connectivity index (χ0) is 12.7. The summed E-state index contributed by atoms with van der Waals surface area (Å²) in [6, 6.07) is 7.88. The van der Waals surface area contributed by atoms with Crippen molar-refractivity contribution in [1.29, 1.82) is 0 Å². The molecule has 0 aliphatic rings. The van der Waals surface area contributed by atoms with Gasteiger partial charge in [0.15, 0.2) is 0 Å². The molecular weight excluding hydrogens is 214 g/mol. The number of hydrogen-bond acceptors (Lipinski definition) is 3. The molecule has 90 valence electrons. The molecule has 1 aromatic rings. The van der Waals surface area contributed by atoms with Crippen molar-refractivity contribution in [2.45, 2.75) is 19.4 Å². The Morgan fingerprint density at radius 1 is 1.35 bits per heavy atom. The highest BCUT2D eigenvalue weighted by Crippen LogP contribution is 2.13. The molecule has 0 N–H and O–H groups in total. The van der Waals surface area contributed by atoms with Gasteiger partial charge < -0.3 is 9.64 Å². The van der Waals surface area contributed by atoms with Crippen LogP contribution in [-0.4, -0.2) is 20.1 Å². The molecule has 3 heteroatoms. The lowest BCUT2D eigenvalue weighted by Gasteiger charge is -2.12. The van der Waals surface area contributed by atoms with Gasteiger partial charge >= 0.3 is 5.97 Å². The van der Waals surface area contributed by atoms with E-state index in [-0.39, 0.29) is 12.4 Å². The third-order valence-electron chi connectivity index (χ3n) is 2.33. The van der Waals surface area contributed by atoms with Crippen LogP contribution in [0.2, 0.25) is 0 Å². The van der Waals surface area contributed by atoms with Crippen LogP contribution in [-0.2, 0) is 16.1 Å². The maximum absolute atomic E-state index is 11.2. The number of nitrogens with zero attached hydrogens (tertiary/aromatic N) is 1. The van der Waals surface area contributed by atoms with Gasteiger partial charge in [0.25, 0.3) is 0 Å². The van der Waals surface area contributed by atoms with Crippen molar-refractivity contribution in [1.82, 2.24) is 0 Å². The minimum absolute atomic E-state index is 0.250. The van der Waals surface area contributed by atoms with Crippen LogP contribution in [0.1, 0.15) is 18.4 Å². The van der Waals surface area contributed by atoms with E-state index in [0.29, 0.717) is 13.0 Å². The summed E-state index contributed by atoms with van der Waals surface area (Å²) in [5.74, 6) is 2.16. The van der Waals surface area contributed by atoms with Gasteiger partial charge in [0.2, 0.25) is 0 Å². The summed E-state index contributed by atoms with van der Waals surface area (Å²) in [6.45, 7) is 0.303. The van der Waals surface area contributed by atoms with Crippen molar-refractivity contribution >= 4 is 11.7 Å². The lowest BCUT2D eigenvalue weighted by Crippen LogP contribution is -2.08. The molecule has 0 saturated carbocycles. The molecule has 17 heavy (non-hydrogen) atoms. The van der Waals surface area contributed by atoms with Crippen molar-refractivity contribution in [2.24, 2.45) is 0 Å². The molecule has 3 nitrogen and oxygen atoms in total. The first-order chi connectivity index (χ1) is 8.13. The van der Waals surface area contributed by atoms with Crippen LogP contribution in [0, 0.1) is 12.3 Å². The first-order valence-electron chi connectivity index (χ1n) is 5.49. The maximum Gasteiger partial charge on any atom is 0.307 e. The Hall–Kier alpha value is -1.95. The SMILES string of the molecule is C#CCCC(=O)OCc1ccc(N(C)C)cc1. The van der Waals surface area contributed by atoms with Crippen LogP contribution in [0.15, 0.2) is 24.3 Å². The topological polar surface area (TPSA) is 29.5 Å². The molecule has 0 aromatic heterocycles. The van der Waals surface area contributed by atoms with Gasteiger partial charge in [-0.05, 0) is 17.7 Å². The Morgan fingerprint density at radius 2 is 2.00 bits per heavy atom.